The molecule has 26 heteroatoms. The van der Waals surface area contributed by atoms with Crippen LogP contribution in [0.1, 0.15) is 41.4 Å². The SMILES string of the molecule is O=CN(CC(O)C(O)CN(C=O)c1c(I)c(C(=O)NCCO)c(I)c(C(=O)NC(CO)CO)c1I)c1c(I)c(C(=O)NCCO)c(I)c(C(=O)NC(CO)CO)c1I. The molecule has 0 saturated carbocycles. The van der Waals surface area contributed by atoms with Gasteiger partial charge in [0.1, 0.15) is 0 Å². The minimum Gasteiger partial charge on any atom is -0.395 e. The third-order valence-electron chi connectivity index (χ3n) is 7.88. The van der Waals surface area contributed by atoms with Gasteiger partial charge in [-0.25, -0.2) is 0 Å². The number of benzene rings is 2. The van der Waals surface area contributed by atoms with Gasteiger partial charge in [0.15, 0.2) is 0 Å². The van der Waals surface area contributed by atoms with Crippen molar-refractivity contribution in [1.29, 1.82) is 0 Å². The van der Waals surface area contributed by atoms with Crippen molar-refractivity contribution in [2.24, 2.45) is 0 Å². The van der Waals surface area contributed by atoms with Crippen molar-refractivity contribution in [2.45, 2.75) is 24.3 Å². The molecule has 2 unspecified atom stereocenters. The lowest BCUT2D eigenvalue weighted by atomic mass is 10.0. The van der Waals surface area contributed by atoms with Gasteiger partial charge in [-0.1, -0.05) is 0 Å². The van der Waals surface area contributed by atoms with E-state index in [1.165, 1.54) is 0 Å². The van der Waals surface area contributed by atoms with Crippen LogP contribution in [-0.2, 0) is 9.59 Å². The summed E-state index contributed by atoms with van der Waals surface area (Å²) < 4.78 is 0.708. The smallest absolute Gasteiger partial charge is 0.253 e. The van der Waals surface area contributed by atoms with Gasteiger partial charge in [0.25, 0.3) is 23.6 Å². The van der Waals surface area contributed by atoms with Crippen LogP contribution in [0.5, 0.6) is 0 Å². The first-order valence-electron chi connectivity index (χ1n) is 16.5. The monoisotopic (exact) mass is 1490 g/mol. The van der Waals surface area contributed by atoms with Crippen molar-refractivity contribution in [2.75, 3.05) is 75.6 Å². The summed E-state index contributed by atoms with van der Waals surface area (Å²) in [4.78, 5) is 80.9. The topological polar surface area (TPSA) is 319 Å². The van der Waals surface area contributed by atoms with Crippen molar-refractivity contribution in [1.82, 2.24) is 21.3 Å². The molecule has 12 N–H and O–H groups in total. The van der Waals surface area contributed by atoms with Crippen LogP contribution >= 0.6 is 136 Å². The lowest BCUT2D eigenvalue weighted by Crippen LogP contribution is -2.46. The lowest BCUT2D eigenvalue weighted by molar-refractivity contribution is -0.109. The summed E-state index contributed by atoms with van der Waals surface area (Å²) in [5.74, 6) is -3.12. The first-order chi connectivity index (χ1) is 27.5. The maximum atomic E-state index is 13.5. The Morgan fingerprint density at radius 2 is 0.776 bits per heavy atom. The number of rotatable bonds is 23. The van der Waals surface area contributed by atoms with E-state index in [0.717, 1.165) is 9.80 Å². The van der Waals surface area contributed by atoms with Gasteiger partial charge in [0, 0.05) is 20.2 Å². The molecular weight excluding hydrogens is 1450 g/mol. The Morgan fingerprint density at radius 3 is 1.02 bits per heavy atom. The Balaban J connectivity index is 2.70. The number of anilines is 2. The number of hydrogen-bond acceptors (Lipinski definition) is 14. The number of halogens is 6. The summed E-state index contributed by atoms with van der Waals surface area (Å²) in [7, 11) is 0. The number of nitrogens with zero attached hydrogens (tertiary/aromatic N) is 2. The molecule has 0 heterocycles. The summed E-state index contributed by atoms with van der Waals surface area (Å²) in [6.07, 6.45) is -3.11. The molecule has 58 heavy (non-hydrogen) atoms. The number of hydrogen-bond donors (Lipinski definition) is 12. The Labute approximate surface area is 412 Å². The number of aliphatic hydroxyl groups is 8. The molecule has 0 fully saturated rings. The third kappa shape index (κ3) is 13.2. The summed E-state index contributed by atoms with van der Waals surface area (Å²) in [6.45, 7) is -5.00. The highest BCUT2D eigenvalue weighted by Crippen LogP contribution is 2.39. The van der Waals surface area contributed by atoms with E-state index in [0.29, 0.717) is 0 Å². The first kappa shape index (κ1) is 53.5. The second kappa shape index (κ2) is 26.1. The average molecular weight is 1490 g/mol. The van der Waals surface area contributed by atoms with E-state index in [1.54, 1.807) is 136 Å². The predicted octanol–water partition coefficient (Wildman–Crippen LogP) is -1.73. The van der Waals surface area contributed by atoms with Crippen molar-refractivity contribution < 1.29 is 69.6 Å². The van der Waals surface area contributed by atoms with E-state index in [-0.39, 0.29) is 81.0 Å². The van der Waals surface area contributed by atoms with Crippen LogP contribution in [-0.4, -0.2) is 167 Å². The Morgan fingerprint density at radius 1 is 0.500 bits per heavy atom. The maximum Gasteiger partial charge on any atom is 0.253 e. The van der Waals surface area contributed by atoms with Crippen molar-refractivity contribution in [3.8, 4) is 0 Å². The second-order valence-corrected chi connectivity index (χ2v) is 18.2. The summed E-state index contributed by atoms with van der Waals surface area (Å²) in [5, 5.41) is 89.4. The normalized spacial score (nSPS) is 12.2. The Hall–Kier alpha value is -0.680. The molecule has 20 nitrogen and oxygen atoms in total. The highest BCUT2D eigenvalue weighted by Gasteiger charge is 2.35. The highest BCUT2D eigenvalue weighted by molar-refractivity contribution is 14.1. The van der Waals surface area contributed by atoms with Crippen LogP contribution < -0.4 is 31.1 Å². The summed E-state index contributed by atoms with van der Waals surface area (Å²) in [6, 6.07) is -2.16. The Bertz CT molecular complexity index is 1710. The fourth-order valence-electron chi connectivity index (χ4n) is 4.95. The largest absolute Gasteiger partial charge is 0.395 e. The molecular formula is C32H38I6N6O14. The van der Waals surface area contributed by atoms with E-state index in [2.05, 4.69) is 21.3 Å². The Kier molecular flexibility index (Phi) is 24.0. The van der Waals surface area contributed by atoms with E-state index in [9.17, 15) is 69.6 Å². The molecule has 2 aromatic carbocycles. The van der Waals surface area contributed by atoms with Gasteiger partial charge < -0.3 is 71.9 Å². The molecule has 2 rings (SSSR count). The fraction of sp³-hybridized carbons (Fsp3) is 0.438. The molecule has 0 aliphatic rings. The van der Waals surface area contributed by atoms with E-state index in [4.69, 9.17) is 0 Å². The molecule has 0 saturated heterocycles. The van der Waals surface area contributed by atoms with Gasteiger partial charge in [-0.15, -0.1) is 0 Å². The molecule has 0 radical (unpaired) electrons. The van der Waals surface area contributed by atoms with Gasteiger partial charge in [-0.3, -0.25) is 28.8 Å². The molecule has 0 spiro atoms. The van der Waals surface area contributed by atoms with Crippen LogP contribution in [0.15, 0.2) is 0 Å². The molecule has 0 aliphatic carbocycles. The zero-order valence-corrected chi connectivity index (χ0v) is 42.7. The van der Waals surface area contributed by atoms with Crippen LogP contribution in [0.4, 0.5) is 11.4 Å². The predicted molar refractivity (Wildman–Crippen MR) is 258 cm³/mol. The molecule has 0 aromatic heterocycles. The van der Waals surface area contributed by atoms with Gasteiger partial charge in [0.2, 0.25) is 12.8 Å². The number of carbonyl (C=O) groups is 6. The summed E-state index contributed by atoms with van der Waals surface area (Å²) in [5.41, 5.74) is -0.507. The lowest BCUT2D eigenvalue weighted by Gasteiger charge is -2.31. The molecule has 0 bridgehead atoms. The van der Waals surface area contributed by atoms with Gasteiger partial charge in [0.05, 0.1) is 125 Å². The minimum atomic E-state index is -1.83. The third-order valence-corrected chi connectivity index (χ3v) is 14.2. The number of aliphatic hydroxyl groups excluding tert-OH is 8. The van der Waals surface area contributed by atoms with Crippen molar-refractivity contribution in [3.63, 3.8) is 0 Å². The van der Waals surface area contributed by atoms with E-state index >= 15 is 0 Å². The van der Waals surface area contributed by atoms with Crippen LogP contribution in [0, 0.1) is 21.4 Å². The number of carbonyl (C=O) groups excluding carboxylic acids is 6. The molecule has 6 amide bonds. The van der Waals surface area contributed by atoms with Crippen molar-refractivity contribution >= 4 is 183 Å². The van der Waals surface area contributed by atoms with Gasteiger partial charge in [-0.05, 0) is 136 Å². The fourth-order valence-corrected chi connectivity index (χ4v) is 14.5. The standard InChI is InChI=1S/C32H38I6N6O14/c33-21-17(29(55)39-1-3-45)23(35)27(25(37)19(21)31(57)41-13(7-47)8-48)43(11-51)5-15(53)16(54)6-44(12-52)28-24(36)18(30(56)40-2-4-46)22(34)20(26(28)38)32(58)42-14(9-49)10-50/h11-16,45-50,53-54H,1-10H2,(H,39,55)(H,40,56)(H,41,57)(H,42,58). The second-order valence-electron chi connectivity index (χ2n) is 11.8. The van der Waals surface area contributed by atoms with Crippen molar-refractivity contribution in [3.05, 3.63) is 43.7 Å². The number of amides is 6. The molecule has 2 atom stereocenters. The minimum absolute atomic E-state index is 0.0427. The van der Waals surface area contributed by atoms with Gasteiger partial charge in [-0.2, -0.15) is 0 Å². The molecule has 0 aliphatic heterocycles. The van der Waals surface area contributed by atoms with Crippen LogP contribution in [0.3, 0.4) is 0 Å². The average Bonchev–Trinajstić information content (AvgIpc) is 3.18. The van der Waals surface area contributed by atoms with Crippen LogP contribution in [0.2, 0.25) is 0 Å². The van der Waals surface area contributed by atoms with E-state index in [1.807, 2.05) is 0 Å². The first-order valence-corrected chi connectivity index (χ1v) is 23.0. The zero-order valence-electron chi connectivity index (χ0n) is 29.7. The zero-order chi connectivity index (χ0) is 44.0. The van der Waals surface area contributed by atoms with E-state index < -0.39 is 101 Å². The van der Waals surface area contributed by atoms with Crippen LogP contribution in [0.25, 0.3) is 0 Å². The molecule has 2 aromatic rings. The number of nitrogens with one attached hydrogen (secondary N) is 4. The molecule has 322 valence electrons. The highest BCUT2D eigenvalue weighted by atomic mass is 127. The van der Waals surface area contributed by atoms with Gasteiger partial charge >= 0.3 is 0 Å². The summed E-state index contributed by atoms with van der Waals surface area (Å²) >= 11 is 10.6. The quantitative estimate of drug-likeness (QED) is 0.0435. The maximum absolute atomic E-state index is 13.5.